The molecule has 1 N–H and O–H groups in total. The number of benzene rings is 2. The topological polar surface area (TPSA) is 77.1 Å². The van der Waals surface area contributed by atoms with Gasteiger partial charge in [-0.2, -0.15) is 0 Å². The van der Waals surface area contributed by atoms with Crippen LogP contribution >= 0.6 is 11.8 Å². The summed E-state index contributed by atoms with van der Waals surface area (Å²) < 4.78 is 16.2. The van der Waals surface area contributed by atoms with Gasteiger partial charge in [0.1, 0.15) is 6.04 Å². The van der Waals surface area contributed by atoms with Gasteiger partial charge in [0.05, 0.1) is 26.7 Å². The van der Waals surface area contributed by atoms with Crippen LogP contribution in [-0.2, 0) is 4.79 Å². The highest BCUT2D eigenvalue weighted by atomic mass is 32.2. The lowest BCUT2D eigenvalue weighted by Gasteiger charge is -2.30. The molecule has 0 spiro atoms. The van der Waals surface area contributed by atoms with E-state index in [9.17, 15) is 9.59 Å². The van der Waals surface area contributed by atoms with E-state index < -0.39 is 6.04 Å². The van der Waals surface area contributed by atoms with Crippen molar-refractivity contribution in [3.63, 3.8) is 0 Å². The largest absolute Gasteiger partial charge is 0.493 e. The third kappa shape index (κ3) is 5.55. The van der Waals surface area contributed by atoms with Crippen LogP contribution in [0.5, 0.6) is 17.2 Å². The highest BCUT2D eigenvalue weighted by Gasteiger charge is 2.42. The number of amides is 2. The van der Waals surface area contributed by atoms with Gasteiger partial charge in [-0.15, -0.1) is 11.8 Å². The Morgan fingerprint density at radius 1 is 1.06 bits per heavy atom. The average Bonchev–Trinajstić information content (AvgIpc) is 3.21. The minimum atomic E-state index is -0.591. The summed E-state index contributed by atoms with van der Waals surface area (Å²) in [7, 11) is 4.54. The van der Waals surface area contributed by atoms with Gasteiger partial charge in [-0.25, -0.2) is 0 Å². The number of rotatable bonds is 8. The number of methoxy groups -OCH3 is 3. The Bertz CT molecular complexity index is 968. The lowest BCUT2D eigenvalue weighted by atomic mass is 10.1. The second-order valence-electron chi connectivity index (χ2n) is 8.42. The zero-order valence-corrected chi connectivity index (χ0v) is 20.8. The molecule has 2 amide bonds. The predicted octanol–water partition coefficient (Wildman–Crippen LogP) is 4.59. The molecule has 1 fully saturated rings. The van der Waals surface area contributed by atoms with E-state index in [1.54, 1.807) is 28.8 Å². The van der Waals surface area contributed by atoms with Crippen LogP contribution in [0.3, 0.4) is 0 Å². The van der Waals surface area contributed by atoms with Crippen LogP contribution in [0.1, 0.15) is 36.2 Å². The molecule has 1 saturated heterocycles. The Morgan fingerprint density at radius 3 is 2.18 bits per heavy atom. The number of anilines is 1. The molecule has 0 aliphatic carbocycles. The Hall–Kier alpha value is -2.87. The molecule has 33 heavy (non-hydrogen) atoms. The van der Waals surface area contributed by atoms with Crippen LogP contribution in [-0.4, -0.2) is 55.2 Å². The predicted molar refractivity (Wildman–Crippen MR) is 132 cm³/mol. The Labute approximate surface area is 199 Å². The van der Waals surface area contributed by atoms with Gasteiger partial charge < -0.3 is 24.4 Å². The van der Waals surface area contributed by atoms with Gasteiger partial charge in [-0.05, 0) is 43.5 Å². The lowest BCUT2D eigenvalue weighted by Crippen LogP contribution is -2.48. The minimum absolute atomic E-state index is 0.106. The zero-order valence-electron chi connectivity index (χ0n) is 20.0. The fourth-order valence-corrected chi connectivity index (χ4v) is 5.48. The maximum Gasteiger partial charge on any atom is 0.255 e. The van der Waals surface area contributed by atoms with Gasteiger partial charge in [-0.3, -0.25) is 9.59 Å². The van der Waals surface area contributed by atoms with E-state index in [0.29, 0.717) is 40.2 Å². The molecule has 0 bridgehead atoms. The number of ether oxygens (including phenoxy) is 3. The first-order valence-corrected chi connectivity index (χ1v) is 12.0. The van der Waals surface area contributed by atoms with Gasteiger partial charge in [0, 0.05) is 17.0 Å². The molecule has 1 aliphatic rings. The third-order valence-corrected chi connectivity index (χ3v) is 6.85. The Morgan fingerprint density at radius 2 is 1.67 bits per heavy atom. The summed E-state index contributed by atoms with van der Waals surface area (Å²) in [4.78, 5) is 28.7. The molecule has 2 atom stereocenters. The number of hydrogen-bond acceptors (Lipinski definition) is 6. The maximum atomic E-state index is 13.8. The van der Waals surface area contributed by atoms with Crippen molar-refractivity contribution >= 4 is 29.3 Å². The van der Waals surface area contributed by atoms with Crippen molar-refractivity contribution in [2.24, 2.45) is 5.92 Å². The summed E-state index contributed by atoms with van der Waals surface area (Å²) >= 11 is 1.64. The molecular weight excluding hydrogens is 440 g/mol. The van der Waals surface area contributed by atoms with Gasteiger partial charge in [0.25, 0.3) is 5.91 Å². The third-order valence-electron chi connectivity index (χ3n) is 5.53. The van der Waals surface area contributed by atoms with Crippen molar-refractivity contribution in [2.45, 2.75) is 38.6 Å². The number of aryl methyl sites for hydroxylation is 1. The van der Waals surface area contributed by atoms with Gasteiger partial charge >= 0.3 is 0 Å². The fraction of sp³-hybridized carbons (Fsp3) is 0.440. The molecule has 2 aromatic rings. The molecule has 7 nitrogen and oxygen atoms in total. The molecule has 1 aliphatic heterocycles. The molecule has 2 unspecified atom stereocenters. The van der Waals surface area contributed by atoms with E-state index in [2.05, 4.69) is 19.2 Å². The average molecular weight is 473 g/mol. The van der Waals surface area contributed by atoms with Gasteiger partial charge in [0.2, 0.25) is 11.7 Å². The monoisotopic (exact) mass is 472 g/mol. The van der Waals surface area contributed by atoms with Crippen molar-refractivity contribution in [1.82, 2.24) is 4.90 Å². The summed E-state index contributed by atoms with van der Waals surface area (Å²) in [5.41, 5.74) is 2.21. The maximum absolute atomic E-state index is 13.8. The molecule has 0 saturated carbocycles. The Kier molecular flexibility index (Phi) is 8.13. The van der Waals surface area contributed by atoms with Crippen molar-refractivity contribution < 1.29 is 23.8 Å². The smallest absolute Gasteiger partial charge is 0.255 e. The first-order valence-electron chi connectivity index (χ1n) is 10.9. The summed E-state index contributed by atoms with van der Waals surface area (Å²) in [5, 5.41) is 2.86. The molecule has 1 heterocycles. The second-order valence-corrected chi connectivity index (χ2v) is 9.63. The number of nitrogens with one attached hydrogen (secondary N) is 1. The lowest BCUT2D eigenvalue weighted by molar-refractivity contribution is -0.119. The molecular formula is C25H32N2O5S. The zero-order chi connectivity index (χ0) is 24.1. The van der Waals surface area contributed by atoms with Gasteiger partial charge in [-0.1, -0.05) is 31.5 Å². The number of carbonyl (C=O) groups is 2. The summed E-state index contributed by atoms with van der Waals surface area (Å²) in [6.45, 7) is 6.22. The molecule has 178 valence electrons. The highest BCUT2D eigenvalue weighted by Crippen LogP contribution is 2.40. The number of nitrogens with zero attached hydrogens (tertiary/aromatic N) is 1. The summed E-state index contributed by atoms with van der Waals surface area (Å²) in [6, 6.07) is 10.3. The quantitative estimate of drug-likeness (QED) is 0.606. The molecule has 2 aromatic carbocycles. The molecule has 3 rings (SSSR count). The minimum Gasteiger partial charge on any atom is -0.493 e. The van der Waals surface area contributed by atoms with Crippen LogP contribution in [0, 0.1) is 12.8 Å². The molecule has 0 radical (unpaired) electrons. The number of thioether (sulfide) groups is 1. The van der Waals surface area contributed by atoms with E-state index in [4.69, 9.17) is 14.2 Å². The fourth-order valence-electron chi connectivity index (χ4n) is 3.84. The van der Waals surface area contributed by atoms with E-state index in [-0.39, 0.29) is 17.2 Å². The van der Waals surface area contributed by atoms with Crippen molar-refractivity contribution in [1.29, 1.82) is 0 Å². The number of carbonyl (C=O) groups excluding carboxylic acids is 2. The first kappa shape index (κ1) is 24.8. The first-order chi connectivity index (χ1) is 15.8. The van der Waals surface area contributed by atoms with Crippen molar-refractivity contribution in [3.05, 3.63) is 47.5 Å². The summed E-state index contributed by atoms with van der Waals surface area (Å²) in [5.74, 6) is 1.68. The SMILES string of the molecule is COc1cc(C(=O)N2C(CC(C)C)SCC2C(=O)Nc2ccc(C)cc2)cc(OC)c1OC. The van der Waals surface area contributed by atoms with E-state index in [1.807, 2.05) is 31.2 Å². The van der Waals surface area contributed by atoms with Crippen LogP contribution in [0.4, 0.5) is 5.69 Å². The summed E-state index contributed by atoms with van der Waals surface area (Å²) in [6.07, 6.45) is 0.787. The number of hydrogen-bond donors (Lipinski definition) is 1. The normalized spacial score (nSPS) is 17.7. The van der Waals surface area contributed by atoms with Crippen LogP contribution in [0.25, 0.3) is 0 Å². The highest BCUT2D eigenvalue weighted by molar-refractivity contribution is 8.00. The van der Waals surface area contributed by atoms with Crippen LogP contribution in [0.15, 0.2) is 36.4 Å². The Balaban J connectivity index is 1.94. The standard InChI is InChI=1S/C25H32N2O5S/c1-15(2)11-22-27(19(14-33-22)24(28)26-18-9-7-16(3)8-10-18)25(29)17-12-20(30-4)23(32-6)21(13-17)31-5/h7-10,12-13,15,19,22H,11,14H2,1-6H3,(H,26,28). The molecule has 0 aromatic heterocycles. The van der Waals surface area contributed by atoms with Crippen molar-refractivity contribution in [2.75, 3.05) is 32.4 Å². The molecule has 8 heteroatoms. The van der Waals surface area contributed by atoms with Crippen LogP contribution in [0.2, 0.25) is 0 Å². The van der Waals surface area contributed by atoms with Crippen LogP contribution < -0.4 is 19.5 Å². The van der Waals surface area contributed by atoms with E-state index >= 15 is 0 Å². The second kappa shape index (κ2) is 10.8. The van der Waals surface area contributed by atoms with E-state index in [0.717, 1.165) is 12.0 Å². The van der Waals surface area contributed by atoms with Crippen molar-refractivity contribution in [3.8, 4) is 17.2 Å². The van der Waals surface area contributed by atoms with E-state index in [1.165, 1.54) is 21.3 Å². The van der Waals surface area contributed by atoms with Gasteiger partial charge in [0.15, 0.2) is 11.5 Å².